The molecule has 0 aromatic heterocycles. The van der Waals surface area contributed by atoms with Crippen molar-refractivity contribution in [3.8, 4) is 0 Å². The fraction of sp³-hybridized carbons (Fsp3) is 0.889. The quantitative estimate of drug-likeness (QED) is 0.663. The van der Waals surface area contributed by atoms with Crippen LogP contribution in [0.4, 0.5) is 0 Å². The summed E-state index contributed by atoms with van der Waals surface area (Å²) in [7, 11) is 0. The highest BCUT2D eigenvalue weighted by Crippen LogP contribution is 2.39. The molecule has 0 amide bonds. The van der Waals surface area contributed by atoms with Crippen molar-refractivity contribution in [1.29, 1.82) is 0 Å². The number of rotatable bonds is 5. The molecular weight excluding hydrogens is 140 g/mol. The zero-order chi connectivity index (χ0) is 8.27. The van der Waals surface area contributed by atoms with E-state index in [0.29, 0.717) is 5.92 Å². The first-order valence-electron chi connectivity index (χ1n) is 4.48. The molecule has 2 heteroatoms. The number of hydrogen-bond donors (Lipinski definition) is 1. The second kappa shape index (κ2) is 3.74. The molecule has 0 aromatic carbocycles. The van der Waals surface area contributed by atoms with Crippen LogP contribution in [0.15, 0.2) is 0 Å². The molecule has 0 spiro atoms. The van der Waals surface area contributed by atoms with E-state index in [4.69, 9.17) is 5.11 Å². The van der Waals surface area contributed by atoms with Crippen molar-refractivity contribution in [3.05, 3.63) is 0 Å². The van der Waals surface area contributed by atoms with E-state index < -0.39 is 5.97 Å². The number of aliphatic carboxylic acids is 1. The monoisotopic (exact) mass is 156 g/mol. The maximum atomic E-state index is 10.7. The van der Waals surface area contributed by atoms with E-state index in [0.717, 1.165) is 32.1 Å². The van der Waals surface area contributed by atoms with Gasteiger partial charge in [0.25, 0.3) is 0 Å². The molecule has 1 fully saturated rings. The molecule has 1 aliphatic rings. The van der Waals surface area contributed by atoms with Gasteiger partial charge in [-0.15, -0.1) is 0 Å². The van der Waals surface area contributed by atoms with E-state index in [1.165, 1.54) is 0 Å². The van der Waals surface area contributed by atoms with Gasteiger partial charge in [0.15, 0.2) is 0 Å². The normalized spacial score (nSPS) is 19.7. The first kappa shape index (κ1) is 8.57. The number of carbonyl (C=O) groups is 1. The summed E-state index contributed by atoms with van der Waals surface area (Å²) in [6, 6.07) is 0. The van der Waals surface area contributed by atoms with Crippen LogP contribution in [0.3, 0.4) is 0 Å². The van der Waals surface area contributed by atoms with Gasteiger partial charge in [0.1, 0.15) is 0 Å². The largest absolute Gasteiger partial charge is 0.481 e. The number of carboxylic acid groups (broad SMARTS) is 1. The highest BCUT2D eigenvalue weighted by atomic mass is 16.4. The van der Waals surface area contributed by atoms with Gasteiger partial charge in [-0.05, 0) is 25.2 Å². The highest BCUT2D eigenvalue weighted by molar-refractivity contribution is 5.70. The average molecular weight is 156 g/mol. The molecule has 1 N–H and O–H groups in total. The van der Waals surface area contributed by atoms with Crippen molar-refractivity contribution in [1.82, 2.24) is 0 Å². The van der Waals surface area contributed by atoms with Crippen molar-refractivity contribution in [2.75, 3.05) is 0 Å². The molecule has 0 heterocycles. The Morgan fingerprint density at radius 2 is 2.27 bits per heavy atom. The maximum Gasteiger partial charge on any atom is 0.306 e. The van der Waals surface area contributed by atoms with Gasteiger partial charge < -0.3 is 5.11 Å². The van der Waals surface area contributed by atoms with Gasteiger partial charge in [0, 0.05) is 0 Å². The first-order chi connectivity index (χ1) is 5.25. The van der Waals surface area contributed by atoms with Crippen LogP contribution in [0.1, 0.15) is 39.0 Å². The smallest absolute Gasteiger partial charge is 0.306 e. The van der Waals surface area contributed by atoms with Crippen molar-refractivity contribution in [2.45, 2.75) is 39.0 Å². The predicted molar refractivity (Wildman–Crippen MR) is 43.4 cm³/mol. The molecule has 1 rings (SSSR count). The molecule has 64 valence electrons. The van der Waals surface area contributed by atoms with Gasteiger partial charge in [-0.2, -0.15) is 0 Å². The average Bonchev–Trinajstić information content (AvgIpc) is 2.71. The molecule has 0 radical (unpaired) electrons. The Balaban J connectivity index is 2.26. The van der Waals surface area contributed by atoms with Crippen LogP contribution in [0.2, 0.25) is 0 Å². The lowest BCUT2D eigenvalue weighted by atomic mass is 9.97. The van der Waals surface area contributed by atoms with Crippen LogP contribution >= 0.6 is 0 Å². The minimum Gasteiger partial charge on any atom is -0.481 e. The summed E-state index contributed by atoms with van der Waals surface area (Å²) in [6.07, 6.45) is 5.34. The lowest BCUT2D eigenvalue weighted by molar-refractivity contribution is -0.142. The van der Waals surface area contributed by atoms with Gasteiger partial charge in [0.2, 0.25) is 0 Å². The Hall–Kier alpha value is -0.530. The number of carboxylic acids is 1. The molecule has 1 saturated carbocycles. The summed E-state index contributed by atoms with van der Waals surface area (Å²) in [6.45, 7) is 2.10. The van der Waals surface area contributed by atoms with Crippen LogP contribution < -0.4 is 0 Å². The number of unbranched alkanes of at least 4 members (excludes halogenated alkanes) is 1. The first-order valence-corrected chi connectivity index (χ1v) is 4.48. The second-order valence-electron chi connectivity index (χ2n) is 3.42. The van der Waals surface area contributed by atoms with Crippen molar-refractivity contribution in [3.63, 3.8) is 0 Å². The molecule has 11 heavy (non-hydrogen) atoms. The zero-order valence-electron chi connectivity index (χ0n) is 7.05. The van der Waals surface area contributed by atoms with E-state index in [-0.39, 0.29) is 5.92 Å². The van der Waals surface area contributed by atoms with Gasteiger partial charge in [-0.25, -0.2) is 0 Å². The third-order valence-electron chi connectivity index (χ3n) is 2.38. The lowest BCUT2D eigenvalue weighted by Gasteiger charge is -2.08. The minimum absolute atomic E-state index is 0.0325. The second-order valence-corrected chi connectivity index (χ2v) is 3.42. The topological polar surface area (TPSA) is 37.3 Å². The summed E-state index contributed by atoms with van der Waals surface area (Å²) in [4.78, 5) is 10.7. The SMILES string of the molecule is CCCC[C@H](C(=O)O)C1CC1. The third kappa shape index (κ3) is 2.52. The van der Waals surface area contributed by atoms with Crippen molar-refractivity contribution < 1.29 is 9.90 Å². The van der Waals surface area contributed by atoms with Crippen LogP contribution in [0, 0.1) is 11.8 Å². The Labute approximate surface area is 67.6 Å². The van der Waals surface area contributed by atoms with Crippen LogP contribution in [-0.2, 0) is 4.79 Å². The number of hydrogen-bond acceptors (Lipinski definition) is 1. The maximum absolute atomic E-state index is 10.7. The van der Waals surface area contributed by atoms with Crippen molar-refractivity contribution >= 4 is 5.97 Å². The Morgan fingerprint density at radius 3 is 2.64 bits per heavy atom. The molecule has 1 atom stereocenters. The van der Waals surface area contributed by atoms with Crippen LogP contribution in [0.5, 0.6) is 0 Å². The van der Waals surface area contributed by atoms with E-state index in [9.17, 15) is 4.79 Å². The molecule has 0 unspecified atom stereocenters. The van der Waals surface area contributed by atoms with Gasteiger partial charge in [-0.1, -0.05) is 19.8 Å². The Kier molecular flexibility index (Phi) is 2.92. The molecular formula is C9H16O2. The van der Waals surface area contributed by atoms with Crippen molar-refractivity contribution in [2.24, 2.45) is 11.8 Å². The third-order valence-corrected chi connectivity index (χ3v) is 2.38. The Bertz CT molecular complexity index is 138. The van der Waals surface area contributed by atoms with E-state index in [1.54, 1.807) is 0 Å². The fourth-order valence-electron chi connectivity index (χ4n) is 1.48. The van der Waals surface area contributed by atoms with E-state index in [1.807, 2.05) is 0 Å². The zero-order valence-corrected chi connectivity index (χ0v) is 7.05. The van der Waals surface area contributed by atoms with Gasteiger partial charge in [-0.3, -0.25) is 4.79 Å². The molecule has 1 aliphatic carbocycles. The van der Waals surface area contributed by atoms with E-state index >= 15 is 0 Å². The standard InChI is InChI=1S/C9H16O2/c1-2-3-4-8(9(10)11)7-5-6-7/h7-8H,2-6H2,1H3,(H,10,11)/t8-/m0/s1. The lowest BCUT2D eigenvalue weighted by Crippen LogP contribution is -2.15. The summed E-state index contributed by atoms with van der Waals surface area (Å²) in [5.74, 6) is -0.102. The summed E-state index contributed by atoms with van der Waals surface area (Å²) >= 11 is 0. The molecule has 2 nitrogen and oxygen atoms in total. The van der Waals surface area contributed by atoms with Crippen LogP contribution in [0.25, 0.3) is 0 Å². The molecule has 0 aromatic rings. The van der Waals surface area contributed by atoms with E-state index in [2.05, 4.69) is 6.92 Å². The molecule has 0 aliphatic heterocycles. The molecule has 0 bridgehead atoms. The summed E-state index contributed by atoms with van der Waals surface area (Å²) < 4.78 is 0. The predicted octanol–water partition coefficient (Wildman–Crippen LogP) is 2.29. The summed E-state index contributed by atoms with van der Waals surface area (Å²) in [5, 5.41) is 8.81. The minimum atomic E-state index is -0.582. The van der Waals surface area contributed by atoms with Gasteiger partial charge in [0.05, 0.1) is 5.92 Å². The fourth-order valence-corrected chi connectivity index (χ4v) is 1.48. The summed E-state index contributed by atoms with van der Waals surface area (Å²) in [5.41, 5.74) is 0. The van der Waals surface area contributed by atoms with Gasteiger partial charge >= 0.3 is 5.97 Å². The van der Waals surface area contributed by atoms with Crippen LogP contribution in [-0.4, -0.2) is 11.1 Å². The Morgan fingerprint density at radius 1 is 1.64 bits per heavy atom. The molecule has 0 saturated heterocycles. The highest BCUT2D eigenvalue weighted by Gasteiger charge is 2.35.